The van der Waals surface area contributed by atoms with E-state index in [2.05, 4.69) is 0 Å². The van der Waals surface area contributed by atoms with Gasteiger partial charge >= 0.3 is 90.0 Å². The van der Waals surface area contributed by atoms with E-state index in [0.717, 1.165) is 0 Å². The minimum Gasteiger partial charge on any atom is -0.894 e. The van der Waals surface area contributed by atoms with Gasteiger partial charge in [-0.05, 0) is 0 Å². The van der Waals surface area contributed by atoms with E-state index in [1.165, 1.54) is 0 Å². The Hall–Kier alpha value is 2.99. The van der Waals surface area contributed by atoms with Crippen LogP contribution in [0.2, 0.25) is 0 Å². The molecule has 7 heavy (non-hydrogen) atoms. The number of hydrogen-bond acceptors (Lipinski definition) is 4. The molecule has 0 bridgehead atoms. The molecule has 32 valence electrons. The molecular weight excluding hydrogens is 544 g/mol. The average molecular weight is 544 g/mol. The van der Waals surface area contributed by atoms with E-state index in [1.807, 2.05) is 0 Å². The Balaban J connectivity index is -0.0000000800. The molecule has 0 aliphatic carbocycles. The fourth-order valence-corrected chi connectivity index (χ4v) is 0. The quantitative estimate of drug-likeness (QED) is 0.286. The third-order valence-electron chi connectivity index (χ3n) is 0. The molecule has 4 nitrogen and oxygen atoms in total. The molecule has 0 aromatic carbocycles. The minimum absolute atomic E-state index is 0. The Morgan fingerprint density at radius 1 is 0.714 bits per heavy atom. The van der Waals surface area contributed by atoms with E-state index in [9.17, 15) is 0 Å². The molecule has 0 atom stereocenters. The van der Waals surface area contributed by atoms with Crippen LogP contribution in [0.15, 0.2) is 0 Å². The first-order valence-corrected chi connectivity index (χ1v) is 2.45. The van der Waals surface area contributed by atoms with Crippen LogP contribution < -0.4 is 19.2 Å². The van der Waals surface area contributed by atoms with Gasteiger partial charge in [-0.2, -0.15) is 0 Å². The van der Waals surface area contributed by atoms with E-state index in [0.29, 0.717) is 0 Å². The Kier molecular flexibility index (Phi) is 16.8. The van der Waals surface area contributed by atoms with Crippen molar-refractivity contribution < 1.29 is 109 Å². The molecule has 0 radical (unpaired) electrons. The van der Waals surface area contributed by atoms with E-state index < -0.39 is 9.05 Å². The molecule has 0 aromatic rings. The average Bonchev–Trinajstić information content (AvgIpc) is 0.722. The first-order chi connectivity index (χ1) is 2.00. The summed E-state index contributed by atoms with van der Waals surface area (Å²) in [5, 5.41) is 0. The second kappa shape index (κ2) is 7.10. The Labute approximate surface area is 115 Å². The smallest absolute Gasteiger partial charge is 0.894 e. The van der Waals surface area contributed by atoms with Crippen LogP contribution in [-0.4, -0.2) is 9.05 Å². The predicted octanol–water partition coefficient (Wildman–Crippen LogP) is -5.14. The van der Waals surface area contributed by atoms with Crippen LogP contribution in [0, 0.1) is 90.0 Å². The molecule has 0 saturated carbocycles. The van der Waals surface area contributed by atoms with Crippen LogP contribution >= 0.6 is 0 Å². The molecule has 0 unspecified atom stereocenters. The molecular formula is O4Ra2Si. The standard InChI is InChI=1S/O4Si.2Ra/c1-5(2,3)4;;/q-4;2*+2. The van der Waals surface area contributed by atoms with Gasteiger partial charge in [0.2, 0.25) is 0 Å². The van der Waals surface area contributed by atoms with Crippen molar-refractivity contribution in [2.75, 3.05) is 0 Å². The van der Waals surface area contributed by atoms with Crippen LogP contribution in [0.5, 0.6) is 0 Å². The van der Waals surface area contributed by atoms with Crippen molar-refractivity contribution in [3.05, 3.63) is 0 Å². The van der Waals surface area contributed by atoms with Gasteiger partial charge in [0.05, 0.1) is 0 Å². The summed E-state index contributed by atoms with van der Waals surface area (Å²) in [4.78, 5) is 34.3. The fraction of sp³-hybridized carbons (Fsp3) is 0. The Bertz CT molecular complexity index is 25.2. The summed E-state index contributed by atoms with van der Waals surface area (Å²) in [6.07, 6.45) is 0. The summed E-state index contributed by atoms with van der Waals surface area (Å²) >= 11 is 0. The van der Waals surface area contributed by atoms with Gasteiger partial charge in [0.15, 0.2) is 0 Å². The Morgan fingerprint density at radius 3 is 0.714 bits per heavy atom. The molecule has 0 fully saturated rings. The third kappa shape index (κ3) is 49.1. The van der Waals surface area contributed by atoms with Crippen LogP contribution in [0.1, 0.15) is 0 Å². The maximum atomic E-state index is 8.58. The van der Waals surface area contributed by atoms with Crippen LogP contribution in [0.3, 0.4) is 0 Å². The van der Waals surface area contributed by atoms with Crippen molar-refractivity contribution in [1.82, 2.24) is 0 Å². The number of hydrogen-bond donors (Lipinski definition) is 0. The zero-order valence-electron chi connectivity index (χ0n) is 3.55. The van der Waals surface area contributed by atoms with Crippen molar-refractivity contribution >= 4 is 9.05 Å². The predicted molar refractivity (Wildman–Crippen MR) is 5.75 cm³/mol. The summed E-state index contributed by atoms with van der Waals surface area (Å²) in [6.45, 7) is 0. The molecule has 0 spiro atoms. The first kappa shape index (κ1) is 16.5. The van der Waals surface area contributed by atoms with Crippen molar-refractivity contribution in [3.8, 4) is 0 Å². The Morgan fingerprint density at radius 2 is 0.714 bits per heavy atom. The second-order valence-corrected chi connectivity index (χ2v) is 1.50. The van der Waals surface area contributed by atoms with E-state index in [4.69, 9.17) is 19.2 Å². The normalized spacial score (nSPS) is 8.57. The topological polar surface area (TPSA) is 92.2 Å². The molecule has 0 rings (SSSR count). The van der Waals surface area contributed by atoms with Crippen LogP contribution in [0.4, 0.5) is 0 Å². The zero-order chi connectivity index (χ0) is 4.50. The molecule has 0 saturated heterocycles. The zero-order valence-corrected chi connectivity index (χ0v) is 16.2. The van der Waals surface area contributed by atoms with Gasteiger partial charge in [0.25, 0.3) is 0 Å². The van der Waals surface area contributed by atoms with Gasteiger partial charge in [-0.1, -0.05) is 0 Å². The molecule has 0 aromatic heterocycles. The van der Waals surface area contributed by atoms with E-state index >= 15 is 0 Å². The summed E-state index contributed by atoms with van der Waals surface area (Å²) in [6, 6.07) is 0. The van der Waals surface area contributed by atoms with Crippen LogP contribution in [0.25, 0.3) is 0 Å². The molecule has 0 aliphatic heterocycles. The van der Waals surface area contributed by atoms with Gasteiger partial charge in [-0.25, -0.2) is 0 Å². The molecule has 0 aliphatic rings. The monoisotopic (exact) mass is 544 g/mol. The number of rotatable bonds is 0. The fourth-order valence-electron chi connectivity index (χ4n) is 0. The summed E-state index contributed by atoms with van der Waals surface area (Å²) in [5.41, 5.74) is 0. The van der Waals surface area contributed by atoms with Crippen LogP contribution in [-0.2, 0) is 0 Å². The molecule has 0 amide bonds. The molecule has 0 N–H and O–H groups in total. The van der Waals surface area contributed by atoms with Gasteiger partial charge in [0, 0.05) is 0 Å². The van der Waals surface area contributed by atoms with Crippen molar-refractivity contribution in [1.29, 1.82) is 0 Å². The molecule has 0 heterocycles. The SMILES string of the molecule is [O-][Si]([O-])([O-])[O-].[Ra+2].[Ra+2]. The van der Waals surface area contributed by atoms with Gasteiger partial charge < -0.3 is 28.2 Å². The van der Waals surface area contributed by atoms with E-state index in [-0.39, 0.29) is 90.0 Å². The minimum atomic E-state index is -5.61. The maximum Gasteiger partial charge on any atom is 2.00 e. The third-order valence-corrected chi connectivity index (χ3v) is 0. The van der Waals surface area contributed by atoms with E-state index in [1.54, 1.807) is 0 Å². The largest absolute Gasteiger partial charge is 2.00 e. The van der Waals surface area contributed by atoms with Crippen molar-refractivity contribution in [3.63, 3.8) is 0 Å². The summed E-state index contributed by atoms with van der Waals surface area (Å²) < 4.78 is 0. The van der Waals surface area contributed by atoms with Gasteiger partial charge in [-0.15, -0.1) is 0 Å². The van der Waals surface area contributed by atoms with Gasteiger partial charge in [0.1, 0.15) is 0 Å². The second-order valence-electron chi connectivity index (χ2n) is 0.500. The van der Waals surface area contributed by atoms with Crippen molar-refractivity contribution in [2.24, 2.45) is 0 Å². The van der Waals surface area contributed by atoms with Crippen molar-refractivity contribution in [2.45, 2.75) is 0 Å². The first-order valence-electron chi connectivity index (χ1n) is 0.816. The summed E-state index contributed by atoms with van der Waals surface area (Å²) in [7, 11) is -5.61. The summed E-state index contributed by atoms with van der Waals surface area (Å²) in [5.74, 6) is 0. The van der Waals surface area contributed by atoms with Gasteiger partial charge in [-0.3, -0.25) is 0 Å². The maximum absolute atomic E-state index is 8.58. The molecule has 7 heteroatoms.